The van der Waals surface area contributed by atoms with Gasteiger partial charge in [0.1, 0.15) is 11.9 Å². The molecule has 1 unspecified atom stereocenters. The smallest absolute Gasteiger partial charge is 0.246 e. The molecule has 1 saturated heterocycles. The zero-order chi connectivity index (χ0) is 17.1. The molecule has 1 saturated carbocycles. The van der Waals surface area contributed by atoms with Gasteiger partial charge in [-0.05, 0) is 37.5 Å². The summed E-state index contributed by atoms with van der Waals surface area (Å²) in [5.74, 6) is -0.754. The fourth-order valence-electron chi connectivity index (χ4n) is 3.58. The number of carbonyl (C=O) groups excluding carboxylic acids is 2. The molecule has 5 nitrogen and oxygen atoms in total. The molecule has 0 aromatic heterocycles. The van der Waals surface area contributed by atoms with Gasteiger partial charge < -0.3 is 15.5 Å². The van der Waals surface area contributed by atoms with E-state index in [9.17, 15) is 14.0 Å². The van der Waals surface area contributed by atoms with Crippen molar-refractivity contribution in [1.82, 2.24) is 5.32 Å². The molecule has 24 heavy (non-hydrogen) atoms. The Morgan fingerprint density at radius 1 is 1.25 bits per heavy atom. The first-order chi connectivity index (χ1) is 11.5. The first kappa shape index (κ1) is 16.7. The molecule has 2 fully saturated rings. The molecule has 1 aliphatic carbocycles. The van der Waals surface area contributed by atoms with Crippen molar-refractivity contribution in [3.8, 4) is 0 Å². The summed E-state index contributed by atoms with van der Waals surface area (Å²) in [5, 5.41) is 5.29. The van der Waals surface area contributed by atoms with Crippen molar-refractivity contribution < 1.29 is 14.0 Å². The largest absolute Gasteiger partial charge is 0.369 e. The number of rotatable bonds is 4. The van der Waals surface area contributed by atoms with Gasteiger partial charge in [0.15, 0.2) is 0 Å². The van der Waals surface area contributed by atoms with Gasteiger partial charge in [0.05, 0.1) is 5.69 Å². The minimum Gasteiger partial charge on any atom is -0.369 e. The van der Waals surface area contributed by atoms with Gasteiger partial charge in [-0.15, -0.1) is 0 Å². The van der Waals surface area contributed by atoms with E-state index in [0.717, 1.165) is 12.8 Å². The molecule has 1 aliphatic heterocycles. The molecule has 2 amide bonds. The SMILES string of the molecule is CN(c1ccc(NC(=O)C2CCC(=O)N2)cc1F)C1CCCCC1. The Morgan fingerprint density at radius 2 is 2.00 bits per heavy atom. The van der Waals surface area contributed by atoms with Crippen LogP contribution in [0.25, 0.3) is 0 Å². The Morgan fingerprint density at radius 3 is 2.62 bits per heavy atom. The fraction of sp³-hybridized carbons (Fsp3) is 0.556. The van der Waals surface area contributed by atoms with E-state index in [-0.39, 0.29) is 17.6 Å². The van der Waals surface area contributed by atoms with Crippen LogP contribution in [0.3, 0.4) is 0 Å². The van der Waals surface area contributed by atoms with E-state index in [1.165, 1.54) is 25.3 Å². The summed E-state index contributed by atoms with van der Waals surface area (Å²) in [5.41, 5.74) is 0.980. The minimum absolute atomic E-state index is 0.120. The molecular weight excluding hydrogens is 309 g/mol. The molecule has 6 heteroatoms. The van der Waals surface area contributed by atoms with Crippen molar-refractivity contribution in [1.29, 1.82) is 0 Å². The average molecular weight is 333 g/mol. The summed E-state index contributed by atoms with van der Waals surface area (Å²) in [6, 6.07) is 4.63. The van der Waals surface area contributed by atoms with E-state index in [1.54, 1.807) is 12.1 Å². The fourth-order valence-corrected chi connectivity index (χ4v) is 3.58. The van der Waals surface area contributed by atoms with Crippen LogP contribution in [0.5, 0.6) is 0 Å². The summed E-state index contributed by atoms with van der Waals surface area (Å²) < 4.78 is 14.5. The normalized spacial score (nSPS) is 21.4. The van der Waals surface area contributed by atoms with Crippen molar-refractivity contribution >= 4 is 23.2 Å². The maximum absolute atomic E-state index is 14.5. The molecule has 2 aliphatic rings. The van der Waals surface area contributed by atoms with Crippen LogP contribution in [0, 0.1) is 5.82 Å². The van der Waals surface area contributed by atoms with E-state index in [4.69, 9.17) is 0 Å². The minimum atomic E-state index is -0.523. The highest BCUT2D eigenvalue weighted by Gasteiger charge is 2.27. The first-order valence-electron chi connectivity index (χ1n) is 8.67. The van der Waals surface area contributed by atoms with Crippen LogP contribution in [0.15, 0.2) is 18.2 Å². The predicted molar refractivity (Wildman–Crippen MR) is 91.5 cm³/mol. The third kappa shape index (κ3) is 3.68. The number of amides is 2. The van der Waals surface area contributed by atoms with E-state index in [1.807, 2.05) is 11.9 Å². The topological polar surface area (TPSA) is 61.4 Å². The zero-order valence-corrected chi connectivity index (χ0v) is 14.0. The lowest BCUT2D eigenvalue weighted by Crippen LogP contribution is -2.37. The highest BCUT2D eigenvalue weighted by atomic mass is 19.1. The number of halogens is 1. The molecule has 1 aromatic carbocycles. The lowest BCUT2D eigenvalue weighted by molar-refractivity contribution is -0.122. The van der Waals surface area contributed by atoms with Crippen LogP contribution in [-0.4, -0.2) is 30.9 Å². The summed E-state index contributed by atoms with van der Waals surface area (Å²) >= 11 is 0. The number of anilines is 2. The van der Waals surface area contributed by atoms with Crippen LogP contribution < -0.4 is 15.5 Å². The Hall–Kier alpha value is -2.11. The first-order valence-corrected chi connectivity index (χ1v) is 8.67. The molecule has 0 spiro atoms. The monoisotopic (exact) mass is 333 g/mol. The maximum Gasteiger partial charge on any atom is 0.246 e. The van der Waals surface area contributed by atoms with Gasteiger partial charge in [-0.3, -0.25) is 9.59 Å². The summed E-state index contributed by atoms with van der Waals surface area (Å²) in [4.78, 5) is 25.3. The van der Waals surface area contributed by atoms with Crippen LogP contribution >= 0.6 is 0 Å². The van der Waals surface area contributed by atoms with Crippen molar-refractivity contribution in [2.75, 3.05) is 17.3 Å². The van der Waals surface area contributed by atoms with Crippen molar-refractivity contribution in [2.24, 2.45) is 0 Å². The standard InChI is InChI=1S/C18H24FN3O2/c1-22(13-5-3-2-4-6-13)16-9-7-12(11-14(16)19)20-18(24)15-8-10-17(23)21-15/h7,9,11,13,15H,2-6,8,10H2,1H3,(H,20,24)(H,21,23). The molecule has 0 bridgehead atoms. The van der Waals surface area contributed by atoms with Gasteiger partial charge in [0, 0.05) is 25.2 Å². The molecule has 1 aromatic rings. The van der Waals surface area contributed by atoms with Crippen LogP contribution in [0.4, 0.5) is 15.8 Å². The van der Waals surface area contributed by atoms with Gasteiger partial charge in [-0.2, -0.15) is 0 Å². The Balaban J connectivity index is 1.65. The number of nitrogens with one attached hydrogen (secondary N) is 2. The molecule has 130 valence electrons. The van der Waals surface area contributed by atoms with Crippen molar-refractivity contribution in [3.05, 3.63) is 24.0 Å². The lowest BCUT2D eigenvalue weighted by Gasteiger charge is -2.33. The Kier molecular flexibility index (Phi) is 5.02. The van der Waals surface area contributed by atoms with Gasteiger partial charge in [0.25, 0.3) is 0 Å². The molecule has 1 atom stereocenters. The Bertz CT molecular complexity index is 629. The zero-order valence-electron chi connectivity index (χ0n) is 14.0. The van der Waals surface area contributed by atoms with Crippen LogP contribution in [0.2, 0.25) is 0 Å². The second kappa shape index (κ2) is 7.20. The molecule has 1 heterocycles. The molecule has 0 radical (unpaired) electrons. The van der Waals surface area contributed by atoms with Gasteiger partial charge in [0.2, 0.25) is 11.8 Å². The third-order valence-corrected chi connectivity index (χ3v) is 5.03. The van der Waals surface area contributed by atoms with E-state index in [0.29, 0.717) is 30.3 Å². The number of carbonyl (C=O) groups is 2. The van der Waals surface area contributed by atoms with Crippen molar-refractivity contribution in [3.63, 3.8) is 0 Å². The third-order valence-electron chi connectivity index (χ3n) is 5.03. The lowest BCUT2D eigenvalue weighted by atomic mass is 9.94. The average Bonchev–Trinajstić information content (AvgIpc) is 3.02. The van der Waals surface area contributed by atoms with Crippen LogP contribution in [-0.2, 0) is 9.59 Å². The molecule has 2 N–H and O–H groups in total. The van der Waals surface area contributed by atoms with Gasteiger partial charge >= 0.3 is 0 Å². The predicted octanol–water partition coefficient (Wildman–Crippen LogP) is 2.81. The molecular formula is C18H24FN3O2. The Labute approximate surface area is 141 Å². The quantitative estimate of drug-likeness (QED) is 0.891. The number of benzene rings is 1. The van der Waals surface area contributed by atoms with Gasteiger partial charge in [-0.1, -0.05) is 19.3 Å². The van der Waals surface area contributed by atoms with Crippen LogP contribution in [0.1, 0.15) is 44.9 Å². The van der Waals surface area contributed by atoms with Gasteiger partial charge in [-0.25, -0.2) is 4.39 Å². The second-order valence-corrected chi connectivity index (χ2v) is 6.72. The number of hydrogen-bond donors (Lipinski definition) is 2. The van der Waals surface area contributed by atoms with E-state index >= 15 is 0 Å². The maximum atomic E-state index is 14.5. The summed E-state index contributed by atoms with van der Waals surface area (Å²) in [7, 11) is 1.93. The van der Waals surface area contributed by atoms with E-state index in [2.05, 4.69) is 10.6 Å². The molecule has 3 rings (SSSR count). The second-order valence-electron chi connectivity index (χ2n) is 6.72. The number of hydrogen-bond acceptors (Lipinski definition) is 3. The number of nitrogens with zero attached hydrogens (tertiary/aromatic N) is 1. The highest BCUT2D eigenvalue weighted by Crippen LogP contribution is 2.29. The summed E-state index contributed by atoms with van der Waals surface area (Å²) in [6.07, 6.45) is 6.67. The van der Waals surface area contributed by atoms with Crippen molar-refractivity contribution in [2.45, 2.75) is 57.0 Å². The highest BCUT2D eigenvalue weighted by molar-refractivity contribution is 5.99. The summed E-state index contributed by atoms with van der Waals surface area (Å²) in [6.45, 7) is 0. The van der Waals surface area contributed by atoms with E-state index < -0.39 is 6.04 Å².